The number of hydrogen-bond acceptors (Lipinski definition) is 3. The summed E-state index contributed by atoms with van der Waals surface area (Å²) >= 11 is 0. The van der Waals surface area contributed by atoms with E-state index in [0.717, 1.165) is 44.7 Å². The topological polar surface area (TPSA) is 65.4 Å². The first kappa shape index (κ1) is 17.1. The molecule has 3 aromatic heterocycles. The Bertz CT molecular complexity index is 1270. The molecule has 0 unspecified atom stereocenters. The maximum Gasteiger partial charge on any atom is 0.0847 e. The molecule has 0 aliphatic rings. The van der Waals surface area contributed by atoms with E-state index in [1.54, 1.807) is 12.4 Å². The summed E-state index contributed by atoms with van der Waals surface area (Å²) in [7, 11) is 0. The van der Waals surface area contributed by atoms with E-state index in [4.69, 9.17) is 10.4 Å². The summed E-state index contributed by atoms with van der Waals surface area (Å²) in [5, 5.41) is 9.68. The van der Waals surface area contributed by atoms with Crippen LogP contribution in [0, 0.1) is 5.41 Å². The molecule has 0 radical (unpaired) electrons. The molecule has 0 fully saturated rings. The van der Waals surface area contributed by atoms with E-state index < -0.39 is 0 Å². The molecule has 0 amide bonds. The lowest BCUT2D eigenvalue weighted by Gasteiger charge is -2.07. The second-order valence-electron chi connectivity index (χ2n) is 6.87. The summed E-state index contributed by atoms with van der Waals surface area (Å²) < 4.78 is 0. The zero-order chi connectivity index (χ0) is 19.6. The number of H-pyrrole nitrogens is 1. The second kappa shape index (κ2) is 7.17. The maximum absolute atomic E-state index is 8.57. The summed E-state index contributed by atoms with van der Waals surface area (Å²) in [6, 6.07) is 28.0. The Morgan fingerprint density at radius 1 is 0.724 bits per heavy atom. The van der Waals surface area contributed by atoms with Crippen molar-refractivity contribution < 1.29 is 0 Å². The number of nitrogens with one attached hydrogen (secondary N) is 2. The molecule has 0 aliphatic carbocycles. The lowest BCUT2D eigenvalue weighted by molar-refractivity contribution is 1.29. The van der Waals surface area contributed by atoms with Crippen LogP contribution in [0.4, 0.5) is 0 Å². The zero-order valence-corrected chi connectivity index (χ0v) is 15.6. The van der Waals surface area contributed by atoms with Crippen LogP contribution in [0.2, 0.25) is 0 Å². The number of pyridine rings is 2. The Morgan fingerprint density at radius 2 is 1.41 bits per heavy atom. The van der Waals surface area contributed by atoms with Gasteiger partial charge >= 0.3 is 0 Å². The van der Waals surface area contributed by atoms with E-state index in [1.165, 1.54) is 0 Å². The van der Waals surface area contributed by atoms with Crippen molar-refractivity contribution in [3.8, 4) is 22.5 Å². The number of rotatable bonds is 4. The lowest BCUT2D eigenvalue weighted by Crippen LogP contribution is -2.01. The molecule has 3 heterocycles. The minimum atomic E-state index is 0.478. The Morgan fingerprint density at radius 3 is 2.14 bits per heavy atom. The molecular weight excluding hydrogens is 356 g/mol. The van der Waals surface area contributed by atoms with Crippen LogP contribution in [-0.4, -0.2) is 20.7 Å². The number of benzene rings is 2. The van der Waals surface area contributed by atoms with E-state index in [0.29, 0.717) is 5.71 Å². The van der Waals surface area contributed by atoms with Crippen molar-refractivity contribution in [1.82, 2.24) is 15.0 Å². The summed E-state index contributed by atoms with van der Waals surface area (Å²) in [6.07, 6.45) is 3.54. The van der Waals surface area contributed by atoms with Crippen LogP contribution in [0.3, 0.4) is 0 Å². The molecule has 2 aromatic carbocycles. The van der Waals surface area contributed by atoms with Gasteiger partial charge in [-0.25, -0.2) is 4.98 Å². The van der Waals surface area contributed by atoms with Gasteiger partial charge in [-0.3, -0.25) is 10.4 Å². The molecular formula is C25H18N4. The van der Waals surface area contributed by atoms with Crippen molar-refractivity contribution >= 4 is 16.6 Å². The molecule has 0 aliphatic heterocycles. The largest absolute Gasteiger partial charge is 0.353 e. The molecule has 2 N–H and O–H groups in total. The molecule has 5 aromatic rings. The van der Waals surface area contributed by atoms with Gasteiger partial charge in [-0.1, -0.05) is 48.5 Å². The molecule has 4 heteroatoms. The number of hydrogen-bond donors (Lipinski definition) is 2. The van der Waals surface area contributed by atoms with Gasteiger partial charge < -0.3 is 4.98 Å². The van der Waals surface area contributed by atoms with Gasteiger partial charge in [0.25, 0.3) is 0 Å². The molecule has 0 spiro atoms. The summed E-state index contributed by atoms with van der Waals surface area (Å²) in [5.74, 6) is 0. The van der Waals surface area contributed by atoms with Crippen LogP contribution < -0.4 is 0 Å². The minimum absolute atomic E-state index is 0.478. The summed E-state index contributed by atoms with van der Waals surface area (Å²) in [5.41, 5.74) is 7.09. The smallest absolute Gasteiger partial charge is 0.0847 e. The van der Waals surface area contributed by atoms with Crippen molar-refractivity contribution in [2.75, 3.05) is 0 Å². The van der Waals surface area contributed by atoms with Crippen LogP contribution in [0.15, 0.2) is 97.3 Å². The Hall–Kier alpha value is -4.05. The van der Waals surface area contributed by atoms with Crippen molar-refractivity contribution in [3.05, 3.63) is 109 Å². The third kappa shape index (κ3) is 3.32. The van der Waals surface area contributed by atoms with Crippen molar-refractivity contribution in [1.29, 1.82) is 5.41 Å². The van der Waals surface area contributed by atoms with Crippen LogP contribution in [-0.2, 0) is 0 Å². The van der Waals surface area contributed by atoms with E-state index in [9.17, 15) is 0 Å². The Balaban J connectivity index is 1.44. The van der Waals surface area contributed by atoms with Gasteiger partial charge in [-0.2, -0.15) is 0 Å². The highest BCUT2D eigenvalue weighted by molar-refractivity contribution is 6.11. The lowest BCUT2D eigenvalue weighted by atomic mass is 10.0. The molecule has 0 bridgehead atoms. The average molecular weight is 374 g/mol. The van der Waals surface area contributed by atoms with Crippen molar-refractivity contribution in [2.45, 2.75) is 0 Å². The molecule has 138 valence electrons. The summed E-state index contributed by atoms with van der Waals surface area (Å²) in [6.45, 7) is 0. The SMILES string of the molecule is N=C(c1ccc(-c2cccc(-c3ccncc3)n2)cc1)c1cc2ccccc2[nH]1. The van der Waals surface area contributed by atoms with E-state index >= 15 is 0 Å². The van der Waals surface area contributed by atoms with E-state index in [1.807, 2.05) is 84.9 Å². The van der Waals surface area contributed by atoms with Crippen molar-refractivity contribution in [2.24, 2.45) is 0 Å². The van der Waals surface area contributed by atoms with Crippen LogP contribution in [0.1, 0.15) is 11.3 Å². The maximum atomic E-state index is 8.57. The number of nitrogens with zero attached hydrogens (tertiary/aromatic N) is 2. The number of fused-ring (bicyclic) bond motifs is 1. The fraction of sp³-hybridized carbons (Fsp3) is 0. The third-order valence-electron chi connectivity index (χ3n) is 4.99. The van der Waals surface area contributed by atoms with Crippen LogP contribution in [0.5, 0.6) is 0 Å². The quantitative estimate of drug-likeness (QED) is 0.396. The van der Waals surface area contributed by atoms with Gasteiger partial charge in [-0.05, 0) is 36.4 Å². The number of aromatic nitrogens is 3. The highest BCUT2D eigenvalue weighted by Gasteiger charge is 2.09. The number of aromatic amines is 1. The average Bonchev–Trinajstić information content (AvgIpc) is 3.24. The van der Waals surface area contributed by atoms with Crippen molar-refractivity contribution in [3.63, 3.8) is 0 Å². The second-order valence-corrected chi connectivity index (χ2v) is 6.87. The van der Waals surface area contributed by atoms with Gasteiger partial charge in [0.2, 0.25) is 0 Å². The summed E-state index contributed by atoms with van der Waals surface area (Å²) in [4.78, 5) is 12.2. The minimum Gasteiger partial charge on any atom is -0.353 e. The van der Waals surface area contributed by atoms with Gasteiger partial charge in [0.05, 0.1) is 22.8 Å². The van der Waals surface area contributed by atoms with Gasteiger partial charge in [0, 0.05) is 40.0 Å². The predicted molar refractivity (Wildman–Crippen MR) is 117 cm³/mol. The van der Waals surface area contributed by atoms with E-state index in [-0.39, 0.29) is 0 Å². The first-order valence-corrected chi connectivity index (χ1v) is 9.43. The monoisotopic (exact) mass is 374 g/mol. The fourth-order valence-corrected chi connectivity index (χ4v) is 3.45. The fourth-order valence-electron chi connectivity index (χ4n) is 3.45. The normalized spacial score (nSPS) is 10.9. The number of para-hydroxylation sites is 1. The van der Waals surface area contributed by atoms with Gasteiger partial charge in [0.1, 0.15) is 0 Å². The Labute approximate surface area is 168 Å². The predicted octanol–water partition coefficient (Wildman–Crippen LogP) is 5.71. The van der Waals surface area contributed by atoms with E-state index in [2.05, 4.69) is 9.97 Å². The standard InChI is InChI=1S/C25H18N4/c26-25(24-16-20-4-1-2-5-23(20)29-24)19-10-8-17(9-11-19)21-6-3-7-22(28-21)18-12-14-27-15-13-18/h1-16,26,29H. The third-order valence-corrected chi connectivity index (χ3v) is 4.99. The Kier molecular flexibility index (Phi) is 4.22. The van der Waals surface area contributed by atoms with Gasteiger partial charge in [-0.15, -0.1) is 0 Å². The first-order valence-electron chi connectivity index (χ1n) is 9.43. The molecule has 0 atom stereocenters. The molecule has 0 saturated carbocycles. The molecule has 5 rings (SSSR count). The highest BCUT2D eigenvalue weighted by Crippen LogP contribution is 2.24. The van der Waals surface area contributed by atoms with Gasteiger partial charge in [0.15, 0.2) is 0 Å². The molecule has 4 nitrogen and oxygen atoms in total. The van der Waals surface area contributed by atoms with Crippen LogP contribution in [0.25, 0.3) is 33.4 Å². The molecule has 0 saturated heterocycles. The zero-order valence-electron chi connectivity index (χ0n) is 15.6. The highest BCUT2D eigenvalue weighted by atomic mass is 14.7. The van der Waals surface area contributed by atoms with Crippen LogP contribution >= 0.6 is 0 Å². The first-order chi connectivity index (χ1) is 14.3. The molecule has 29 heavy (non-hydrogen) atoms.